The number of furan rings is 1. The number of halogens is 1. The molecule has 29 heavy (non-hydrogen) atoms. The van der Waals surface area contributed by atoms with E-state index in [1.165, 1.54) is 11.6 Å². The first-order chi connectivity index (χ1) is 14.0. The Bertz CT molecular complexity index is 1360. The van der Waals surface area contributed by atoms with Gasteiger partial charge in [0.15, 0.2) is 0 Å². The van der Waals surface area contributed by atoms with Crippen molar-refractivity contribution in [2.75, 3.05) is 6.54 Å². The molecule has 0 saturated carbocycles. The van der Waals surface area contributed by atoms with Gasteiger partial charge in [0.25, 0.3) is 5.56 Å². The number of rotatable bonds is 2. The summed E-state index contributed by atoms with van der Waals surface area (Å²) in [7, 11) is 3.23. The molecule has 8 heteroatoms. The van der Waals surface area contributed by atoms with Crippen molar-refractivity contribution in [3.63, 3.8) is 0 Å². The van der Waals surface area contributed by atoms with Crippen LogP contribution >= 0.6 is 15.9 Å². The molecule has 0 bridgehead atoms. The van der Waals surface area contributed by atoms with E-state index in [1.807, 2.05) is 36.4 Å². The van der Waals surface area contributed by atoms with Gasteiger partial charge in [-0.15, -0.1) is 0 Å². The van der Waals surface area contributed by atoms with E-state index in [-0.39, 0.29) is 17.3 Å². The predicted octanol–water partition coefficient (Wildman–Crippen LogP) is 2.75. The standard InChI is InChI=1S/C21H19BrN4O3/c1-24-18-15(20(27)25(2)21(24)28)17(12-6-4-3-5-7-12)26-9-8-23-16(19(18)26)14-10-13(22)11-29-14/h3-7,10-11,16,23H,8-9H2,1-2H3. The van der Waals surface area contributed by atoms with E-state index in [0.29, 0.717) is 24.0 Å². The summed E-state index contributed by atoms with van der Waals surface area (Å²) in [6.45, 7) is 1.40. The molecule has 1 aliphatic heterocycles. The Morgan fingerprint density at radius 1 is 1.14 bits per heavy atom. The zero-order valence-electron chi connectivity index (χ0n) is 16.0. The summed E-state index contributed by atoms with van der Waals surface area (Å²) < 4.78 is 11.5. The second-order valence-corrected chi connectivity index (χ2v) is 8.15. The molecular weight excluding hydrogens is 436 g/mol. The third-order valence-electron chi connectivity index (χ3n) is 5.58. The van der Waals surface area contributed by atoms with Crippen LogP contribution in [0.25, 0.3) is 22.2 Å². The molecule has 0 radical (unpaired) electrons. The van der Waals surface area contributed by atoms with Crippen molar-refractivity contribution in [3.05, 3.63) is 79.4 Å². The van der Waals surface area contributed by atoms with Gasteiger partial charge in [-0.3, -0.25) is 13.9 Å². The lowest BCUT2D eigenvalue weighted by Gasteiger charge is -2.26. The second-order valence-electron chi connectivity index (χ2n) is 7.24. The molecule has 4 heterocycles. The van der Waals surface area contributed by atoms with Gasteiger partial charge in [0.1, 0.15) is 18.1 Å². The summed E-state index contributed by atoms with van der Waals surface area (Å²) >= 11 is 3.44. The van der Waals surface area contributed by atoms with Crippen LogP contribution in [0.1, 0.15) is 17.5 Å². The van der Waals surface area contributed by atoms with Gasteiger partial charge >= 0.3 is 5.69 Å². The number of nitrogens with zero attached hydrogens (tertiary/aromatic N) is 3. The zero-order valence-corrected chi connectivity index (χ0v) is 17.6. The number of hydrogen-bond acceptors (Lipinski definition) is 4. The number of benzene rings is 1. The fourth-order valence-electron chi connectivity index (χ4n) is 4.29. The van der Waals surface area contributed by atoms with Crippen molar-refractivity contribution in [3.8, 4) is 11.3 Å². The molecule has 5 rings (SSSR count). The molecule has 0 aliphatic carbocycles. The van der Waals surface area contributed by atoms with Crippen LogP contribution in [0, 0.1) is 0 Å². The average molecular weight is 455 g/mol. The van der Waals surface area contributed by atoms with Crippen LogP contribution in [-0.2, 0) is 20.6 Å². The first kappa shape index (κ1) is 18.2. The normalized spacial score (nSPS) is 16.3. The Labute approximate surface area is 174 Å². The summed E-state index contributed by atoms with van der Waals surface area (Å²) in [5.74, 6) is 0.727. The minimum atomic E-state index is -0.347. The first-order valence-electron chi connectivity index (χ1n) is 9.34. The van der Waals surface area contributed by atoms with E-state index in [0.717, 1.165) is 27.2 Å². The molecule has 148 valence electrons. The Kier molecular flexibility index (Phi) is 4.15. The maximum Gasteiger partial charge on any atom is 0.331 e. The third kappa shape index (κ3) is 2.59. The van der Waals surface area contributed by atoms with Crippen molar-refractivity contribution in [2.24, 2.45) is 14.1 Å². The minimum absolute atomic E-state index is 0.271. The van der Waals surface area contributed by atoms with Crippen LogP contribution < -0.4 is 16.6 Å². The number of hydrogen-bond donors (Lipinski definition) is 1. The Morgan fingerprint density at radius 2 is 1.90 bits per heavy atom. The molecule has 0 fully saturated rings. The molecule has 0 amide bonds. The van der Waals surface area contributed by atoms with Crippen molar-refractivity contribution >= 4 is 26.8 Å². The molecule has 7 nitrogen and oxygen atoms in total. The summed E-state index contributed by atoms with van der Waals surface area (Å²) in [6.07, 6.45) is 1.64. The highest BCUT2D eigenvalue weighted by atomic mass is 79.9. The maximum absolute atomic E-state index is 13.2. The van der Waals surface area contributed by atoms with E-state index in [2.05, 4.69) is 25.8 Å². The van der Waals surface area contributed by atoms with Crippen LogP contribution in [-0.4, -0.2) is 20.2 Å². The van der Waals surface area contributed by atoms with Crippen LogP contribution in [0.2, 0.25) is 0 Å². The van der Waals surface area contributed by atoms with Crippen LogP contribution in [0.3, 0.4) is 0 Å². The highest BCUT2D eigenvalue weighted by molar-refractivity contribution is 9.10. The highest BCUT2D eigenvalue weighted by Crippen LogP contribution is 2.39. The maximum atomic E-state index is 13.2. The number of aromatic nitrogens is 3. The summed E-state index contributed by atoms with van der Waals surface area (Å²) in [5, 5.41) is 4.03. The Morgan fingerprint density at radius 3 is 2.59 bits per heavy atom. The van der Waals surface area contributed by atoms with Crippen molar-refractivity contribution in [2.45, 2.75) is 12.6 Å². The molecule has 4 aromatic rings. The molecule has 0 spiro atoms. The van der Waals surface area contributed by atoms with Gasteiger partial charge < -0.3 is 14.3 Å². The van der Waals surface area contributed by atoms with Gasteiger partial charge in [-0.05, 0) is 27.6 Å². The number of nitrogens with one attached hydrogen (secondary N) is 1. The third-order valence-corrected chi connectivity index (χ3v) is 6.00. The monoisotopic (exact) mass is 454 g/mol. The largest absolute Gasteiger partial charge is 0.466 e. The topological polar surface area (TPSA) is 74.1 Å². The summed E-state index contributed by atoms with van der Waals surface area (Å²) in [4.78, 5) is 26.0. The molecule has 0 saturated heterocycles. The molecule has 1 aromatic carbocycles. The fraction of sp³-hybridized carbons (Fsp3) is 0.238. The van der Waals surface area contributed by atoms with E-state index in [1.54, 1.807) is 17.9 Å². The van der Waals surface area contributed by atoms with Crippen molar-refractivity contribution in [1.29, 1.82) is 0 Å². The lowest BCUT2D eigenvalue weighted by Crippen LogP contribution is -2.38. The predicted molar refractivity (Wildman–Crippen MR) is 114 cm³/mol. The highest BCUT2D eigenvalue weighted by Gasteiger charge is 2.33. The zero-order chi connectivity index (χ0) is 20.3. The van der Waals surface area contributed by atoms with Gasteiger partial charge in [0.2, 0.25) is 0 Å². The lowest BCUT2D eigenvalue weighted by molar-refractivity contribution is 0.398. The van der Waals surface area contributed by atoms with E-state index in [9.17, 15) is 9.59 Å². The van der Waals surface area contributed by atoms with Crippen LogP contribution in [0.4, 0.5) is 0 Å². The first-order valence-corrected chi connectivity index (χ1v) is 10.1. The molecule has 1 aliphatic rings. The molecule has 3 aromatic heterocycles. The molecular formula is C21H19BrN4O3. The van der Waals surface area contributed by atoms with Gasteiger partial charge in [-0.25, -0.2) is 4.79 Å². The summed E-state index contributed by atoms with van der Waals surface area (Å²) in [5.41, 5.74) is 2.65. The van der Waals surface area contributed by atoms with Gasteiger partial charge in [0, 0.05) is 27.2 Å². The smallest absolute Gasteiger partial charge is 0.331 e. The van der Waals surface area contributed by atoms with E-state index < -0.39 is 0 Å². The Balaban J connectivity index is 1.97. The lowest BCUT2D eigenvalue weighted by atomic mass is 10.1. The average Bonchev–Trinajstić information content (AvgIpc) is 3.32. The Hall–Kier alpha value is -2.84. The van der Waals surface area contributed by atoms with Gasteiger partial charge in [-0.2, -0.15) is 0 Å². The second kappa shape index (κ2) is 6.60. The quantitative estimate of drug-likeness (QED) is 0.505. The number of fused-ring (bicyclic) bond motifs is 3. The summed E-state index contributed by atoms with van der Waals surface area (Å²) in [6, 6.07) is 11.5. The molecule has 1 unspecified atom stereocenters. The van der Waals surface area contributed by atoms with Crippen LogP contribution in [0.15, 0.2) is 61.1 Å². The van der Waals surface area contributed by atoms with Crippen molar-refractivity contribution < 1.29 is 4.42 Å². The molecule has 1 atom stereocenters. The number of aryl methyl sites for hydroxylation is 1. The SMILES string of the molecule is Cn1c(=O)c2c(-c3ccccc3)n3c(c2n(C)c1=O)C(c1cc(Br)co1)NCC3. The van der Waals surface area contributed by atoms with E-state index >= 15 is 0 Å². The molecule has 1 N–H and O–H groups in total. The van der Waals surface area contributed by atoms with Crippen molar-refractivity contribution in [1.82, 2.24) is 19.0 Å². The van der Waals surface area contributed by atoms with Gasteiger partial charge in [-0.1, -0.05) is 30.3 Å². The minimum Gasteiger partial charge on any atom is -0.466 e. The van der Waals surface area contributed by atoms with Gasteiger partial charge in [0.05, 0.1) is 26.8 Å². The fourth-order valence-corrected chi connectivity index (χ4v) is 4.61. The van der Waals surface area contributed by atoms with E-state index in [4.69, 9.17) is 4.42 Å². The van der Waals surface area contributed by atoms with Crippen LogP contribution in [0.5, 0.6) is 0 Å².